The van der Waals surface area contributed by atoms with Gasteiger partial charge in [0.15, 0.2) is 4.87 Å². The summed E-state index contributed by atoms with van der Waals surface area (Å²) >= 11 is 7.15. The number of thioether (sulfide) groups is 1. The molecular weight excluding hydrogens is 404 g/mol. The zero-order chi connectivity index (χ0) is 21.1. The van der Waals surface area contributed by atoms with Gasteiger partial charge in [0.2, 0.25) is 0 Å². The molecule has 28 heavy (non-hydrogen) atoms. The number of nitrogens with zero attached hydrogens (tertiary/aromatic N) is 2. The van der Waals surface area contributed by atoms with Crippen molar-refractivity contribution in [2.24, 2.45) is 0 Å². The first kappa shape index (κ1) is 22.4. The summed E-state index contributed by atoms with van der Waals surface area (Å²) < 4.78 is 10.2. The van der Waals surface area contributed by atoms with Crippen LogP contribution in [0.1, 0.15) is 27.7 Å². The molecule has 1 unspecified atom stereocenters. The van der Waals surface area contributed by atoms with Gasteiger partial charge in [0.05, 0.1) is 7.11 Å². The predicted molar refractivity (Wildman–Crippen MR) is 107 cm³/mol. The average Bonchev–Trinajstić information content (AvgIpc) is 2.59. The van der Waals surface area contributed by atoms with Crippen molar-refractivity contribution in [3.63, 3.8) is 0 Å². The third kappa shape index (κ3) is 5.32. The van der Waals surface area contributed by atoms with E-state index in [0.717, 1.165) is 4.90 Å². The molecular formula is C19H25ClN2O5S. The van der Waals surface area contributed by atoms with Crippen LogP contribution in [0.4, 0.5) is 4.79 Å². The summed E-state index contributed by atoms with van der Waals surface area (Å²) in [6, 6.07) is 6.98. The Bertz CT molecular complexity index is 750. The fraction of sp³-hybridized carbons (Fsp3) is 0.526. The molecule has 1 aliphatic heterocycles. The van der Waals surface area contributed by atoms with Crippen LogP contribution in [0.2, 0.25) is 5.02 Å². The summed E-state index contributed by atoms with van der Waals surface area (Å²) in [5, 5.41) is 0.570. The number of ether oxygens (including phenoxy) is 2. The Morgan fingerprint density at radius 1 is 1.21 bits per heavy atom. The Kier molecular flexibility index (Phi) is 6.88. The van der Waals surface area contributed by atoms with E-state index < -0.39 is 22.5 Å². The Hall–Kier alpha value is -1.93. The van der Waals surface area contributed by atoms with Crippen molar-refractivity contribution in [1.29, 1.82) is 0 Å². The molecule has 2 rings (SSSR count). The number of hydrogen-bond acceptors (Lipinski definition) is 6. The maximum Gasteiger partial charge on any atom is 0.411 e. The summed E-state index contributed by atoms with van der Waals surface area (Å²) in [5.41, 5.74) is -0.699. The number of piperazine rings is 1. The van der Waals surface area contributed by atoms with Gasteiger partial charge < -0.3 is 14.4 Å². The van der Waals surface area contributed by atoms with E-state index in [0.29, 0.717) is 5.02 Å². The lowest BCUT2D eigenvalue weighted by molar-refractivity contribution is -0.152. The lowest BCUT2D eigenvalue weighted by atomic mass is 10.1. The average molecular weight is 429 g/mol. The van der Waals surface area contributed by atoms with Crippen molar-refractivity contribution in [2.45, 2.75) is 43.1 Å². The van der Waals surface area contributed by atoms with Gasteiger partial charge in [0.25, 0.3) is 5.91 Å². The number of methoxy groups -OCH3 is 1. The molecule has 1 saturated heterocycles. The highest BCUT2D eigenvalue weighted by atomic mass is 35.5. The minimum Gasteiger partial charge on any atom is -0.468 e. The van der Waals surface area contributed by atoms with Gasteiger partial charge >= 0.3 is 12.1 Å². The molecule has 1 heterocycles. The molecule has 1 aliphatic rings. The third-order valence-corrected chi connectivity index (χ3v) is 5.64. The summed E-state index contributed by atoms with van der Waals surface area (Å²) in [7, 11) is 1.27. The Morgan fingerprint density at radius 2 is 1.82 bits per heavy atom. The smallest absolute Gasteiger partial charge is 0.411 e. The minimum atomic E-state index is -1.29. The molecule has 0 spiro atoms. The number of halogens is 1. The summed E-state index contributed by atoms with van der Waals surface area (Å²) in [6.45, 7) is 7.23. The largest absolute Gasteiger partial charge is 0.468 e. The van der Waals surface area contributed by atoms with Gasteiger partial charge in [-0.3, -0.25) is 14.5 Å². The van der Waals surface area contributed by atoms with E-state index in [1.54, 1.807) is 52.0 Å². The number of rotatable bonds is 4. The quantitative estimate of drug-likeness (QED) is 0.684. The van der Waals surface area contributed by atoms with Gasteiger partial charge in [-0.25, -0.2) is 4.79 Å². The number of hydrogen-bond donors (Lipinski definition) is 0. The van der Waals surface area contributed by atoms with Crippen LogP contribution in [0, 0.1) is 0 Å². The summed E-state index contributed by atoms with van der Waals surface area (Å²) in [5.74, 6) is -0.882. The van der Waals surface area contributed by atoms with Crippen molar-refractivity contribution in [3.05, 3.63) is 29.3 Å². The van der Waals surface area contributed by atoms with E-state index in [9.17, 15) is 14.4 Å². The van der Waals surface area contributed by atoms with Crippen molar-refractivity contribution < 1.29 is 23.9 Å². The van der Waals surface area contributed by atoms with Crippen LogP contribution in [-0.4, -0.2) is 65.0 Å². The van der Waals surface area contributed by atoms with Gasteiger partial charge in [-0.15, -0.1) is 0 Å². The lowest BCUT2D eigenvalue weighted by Crippen LogP contribution is -2.65. The van der Waals surface area contributed by atoms with E-state index in [1.165, 1.54) is 28.7 Å². The van der Waals surface area contributed by atoms with Crippen LogP contribution in [0.3, 0.4) is 0 Å². The molecule has 1 aromatic rings. The van der Waals surface area contributed by atoms with Gasteiger partial charge in [0.1, 0.15) is 12.1 Å². The minimum absolute atomic E-state index is 0.172. The third-order valence-electron chi connectivity index (χ3n) is 4.08. The highest BCUT2D eigenvalue weighted by Gasteiger charge is 2.50. The fourth-order valence-electron chi connectivity index (χ4n) is 2.73. The van der Waals surface area contributed by atoms with Crippen LogP contribution < -0.4 is 0 Å². The zero-order valence-corrected chi connectivity index (χ0v) is 18.2. The van der Waals surface area contributed by atoms with Crippen LogP contribution >= 0.6 is 23.4 Å². The van der Waals surface area contributed by atoms with Gasteiger partial charge in [-0.1, -0.05) is 23.4 Å². The van der Waals surface area contributed by atoms with E-state index >= 15 is 0 Å². The van der Waals surface area contributed by atoms with Crippen molar-refractivity contribution in [1.82, 2.24) is 9.80 Å². The van der Waals surface area contributed by atoms with Gasteiger partial charge in [0, 0.05) is 23.0 Å². The first-order valence-corrected chi connectivity index (χ1v) is 9.97. The molecule has 1 fully saturated rings. The highest BCUT2D eigenvalue weighted by molar-refractivity contribution is 8.01. The number of benzene rings is 1. The number of amides is 2. The highest BCUT2D eigenvalue weighted by Crippen LogP contribution is 2.40. The van der Waals surface area contributed by atoms with Crippen LogP contribution in [0.15, 0.2) is 29.2 Å². The van der Waals surface area contributed by atoms with Crippen molar-refractivity contribution in [2.75, 3.05) is 26.7 Å². The van der Waals surface area contributed by atoms with Crippen molar-refractivity contribution in [3.8, 4) is 0 Å². The Labute approximate surface area is 174 Å². The standard InChI is InChI=1S/C19H25ClN2O5S/c1-18(2,3)27-17(25)22-11-10-21(12-15(23)26-5)16(24)19(22,4)28-14-8-6-13(20)7-9-14/h6-9H,10-12H2,1-5H3. The molecule has 1 atom stereocenters. The van der Waals surface area contributed by atoms with Gasteiger partial charge in [-0.2, -0.15) is 0 Å². The molecule has 1 aromatic carbocycles. The SMILES string of the molecule is COC(=O)CN1CCN(C(=O)OC(C)(C)C)C(C)(Sc2ccc(Cl)cc2)C1=O. The fourth-order valence-corrected chi connectivity index (χ4v) is 4.08. The first-order valence-electron chi connectivity index (χ1n) is 8.77. The summed E-state index contributed by atoms with van der Waals surface area (Å²) in [6.07, 6.45) is -0.581. The van der Waals surface area contributed by atoms with Crippen LogP contribution in [0.25, 0.3) is 0 Å². The van der Waals surface area contributed by atoms with E-state index in [4.69, 9.17) is 16.3 Å². The number of esters is 1. The van der Waals surface area contributed by atoms with Crippen LogP contribution in [-0.2, 0) is 19.1 Å². The molecule has 0 bridgehead atoms. The second kappa shape index (κ2) is 8.61. The molecule has 0 aromatic heterocycles. The second-order valence-electron chi connectivity index (χ2n) is 7.47. The first-order chi connectivity index (χ1) is 13.0. The van der Waals surface area contributed by atoms with E-state index in [2.05, 4.69) is 4.74 Å². The predicted octanol–water partition coefficient (Wildman–Crippen LogP) is 3.40. The number of carbonyl (C=O) groups excluding carboxylic acids is 3. The maximum absolute atomic E-state index is 13.3. The summed E-state index contributed by atoms with van der Waals surface area (Å²) in [4.78, 5) is 40.1. The van der Waals surface area contributed by atoms with Crippen molar-refractivity contribution >= 4 is 41.3 Å². The molecule has 0 N–H and O–H groups in total. The molecule has 2 amide bonds. The zero-order valence-electron chi connectivity index (χ0n) is 16.7. The monoisotopic (exact) mass is 428 g/mol. The molecule has 7 nitrogen and oxygen atoms in total. The second-order valence-corrected chi connectivity index (χ2v) is 9.38. The molecule has 0 saturated carbocycles. The van der Waals surface area contributed by atoms with E-state index in [-0.39, 0.29) is 25.5 Å². The lowest BCUT2D eigenvalue weighted by Gasteiger charge is -2.46. The molecule has 9 heteroatoms. The normalized spacial score (nSPS) is 20.1. The van der Waals surface area contributed by atoms with E-state index in [1.807, 2.05) is 0 Å². The Morgan fingerprint density at radius 3 is 2.36 bits per heavy atom. The molecule has 0 radical (unpaired) electrons. The topological polar surface area (TPSA) is 76.2 Å². The van der Waals surface area contributed by atoms with Crippen LogP contribution in [0.5, 0.6) is 0 Å². The Balaban J connectivity index is 2.35. The maximum atomic E-state index is 13.3. The van der Waals surface area contributed by atoms with Gasteiger partial charge in [-0.05, 0) is 52.0 Å². The molecule has 0 aliphatic carbocycles. The molecule has 154 valence electrons. The number of carbonyl (C=O) groups is 3.